The van der Waals surface area contributed by atoms with Crippen LogP contribution in [0, 0.1) is 11.7 Å². The minimum absolute atomic E-state index is 0.223. The van der Waals surface area contributed by atoms with Crippen molar-refractivity contribution < 1.29 is 4.39 Å². The van der Waals surface area contributed by atoms with Gasteiger partial charge in [0.15, 0.2) is 0 Å². The molecule has 19 heavy (non-hydrogen) atoms. The molecule has 0 aromatic heterocycles. The Morgan fingerprint density at radius 2 is 2.11 bits per heavy atom. The van der Waals surface area contributed by atoms with Gasteiger partial charge in [-0.15, -0.1) is 0 Å². The lowest BCUT2D eigenvalue weighted by molar-refractivity contribution is 0.211. The normalized spacial score (nSPS) is 17.8. The van der Waals surface area contributed by atoms with E-state index in [4.69, 9.17) is 11.6 Å². The largest absolute Gasteiger partial charge is 0.313 e. The second kappa shape index (κ2) is 7.22. The van der Waals surface area contributed by atoms with Crippen molar-refractivity contribution in [2.75, 3.05) is 26.7 Å². The predicted octanol–water partition coefficient (Wildman–Crippen LogP) is 3.30. The number of piperidine rings is 1. The van der Waals surface area contributed by atoms with E-state index in [2.05, 4.69) is 17.3 Å². The Bertz CT molecular complexity index is 403. The zero-order valence-corrected chi connectivity index (χ0v) is 12.2. The number of halogens is 2. The molecule has 0 radical (unpaired) electrons. The van der Waals surface area contributed by atoms with Crippen molar-refractivity contribution in [3.05, 3.63) is 34.6 Å². The van der Waals surface area contributed by atoms with E-state index in [-0.39, 0.29) is 5.82 Å². The second-order valence-electron chi connectivity index (χ2n) is 5.45. The number of benzene rings is 1. The lowest BCUT2D eigenvalue weighted by atomic mass is 9.94. The fourth-order valence-electron chi connectivity index (χ4n) is 2.55. The van der Waals surface area contributed by atoms with E-state index in [0.29, 0.717) is 17.1 Å². The van der Waals surface area contributed by atoms with Gasteiger partial charge in [0.25, 0.3) is 0 Å². The van der Waals surface area contributed by atoms with Gasteiger partial charge < -0.3 is 10.2 Å². The molecule has 0 atom stereocenters. The van der Waals surface area contributed by atoms with Gasteiger partial charge in [0, 0.05) is 17.1 Å². The number of nitrogens with one attached hydrogen (secondary N) is 1. The van der Waals surface area contributed by atoms with Gasteiger partial charge in [-0.1, -0.05) is 17.7 Å². The lowest BCUT2D eigenvalue weighted by Gasteiger charge is -2.28. The predicted molar refractivity (Wildman–Crippen MR) is 78.0 cm³/mol. The monoisotopic (exact) mass is 284 g/mol. The van der Waals surface area contributed by atoms with Gasteiger partial charge in [-0.3, -0.25) is 0 Å². The number of hydrogen-bond acceptors (Lipinski definition) is 2. The van der Waals surface area contributed by atoms with Crippen LogP contribution >= 0.6 is 11.6 Å². The molecule has 1 N–H and O–H groups in total. The molecule has 1 heterocycles. The van der Waals surface area contributed by atoms with E-state index in [1.54, 1.807) is 12.1 Å². The molecule has 0 saturated carbocycles. The van der Waals surface area contributed by atoms with Crippen LogP contribution in [0.4, 0.5) is 4.39 Å². The van der Waals surface area contributed by atoms with Crippen molar-refractivity contribution in [1.82, 2.24) is 10.2 Å². The summed E-state index contributed by atoms with van der Waals surface area (Å²) in [7, 11) is 2.18. The molecule has 1 aliphatic rings. The summed E-state index contributed by atoms with van der Waals surface area (Å²) in [4.78, 5) is 2.38. The Morgan fingerprint density at radius 3 is 2.79 bits per heavy atom. The van der Waals surface area contributed by atoms with E-state index in [1.807, 2.05) is 0 Å². The summed E-state index contributed by atoms with van der Waals surface area (Å²) in [5, 5.41) is 3.78. The van der Waals surface area contributed by atoms with Gasteiger partial charge in [-0.2, -0.15) is 0 Å². The second-order valence-corrected chi connectivity index (χ2v) is 5.88. The lowest BCUT2D eigenvalue weighted by Crippen LogP contribution is -2.31. The Hall–Kier alpha value is -0.640. The molecule has 4 heteroatoms. The number of likely N-dealkylation sites (tertiary alicyclic amines) is 1. The van der Waals surface area contributed by atoms with E-state index in [0.717, 1.165) is 12.5 Å². The van der Waals surface area contributed by atoms with Gasteiger partial charge >= 0.3 is 0 Å². The molecule has 1 aliphatic heterocycles. The van der Waals surface area contributed by atoms with E-state index in [9.17, 15) is 4.39 Å². The average Bonchev–Trinajstić information content (AvgIpc) is 2.39. The first-order valence-corrected chi connectivity index (χ1v) is 7.36. The smallest absolute Gasteiger partial charge is 0.129 e. The van der Waals surface area contributed by atoms with Crippen LogP contribution < -0.4 is 5.32 Å². The molecule has 0 bridgehead atoms. The summed E-state index contributed by atoms with van der Waals surface area (Å²) < 4.78 is 13.5. The molecule has 106 valence electrons. The fraction of sp³-hybridized carbons (Fsp3) is 0.600. The molecule has 0 aliphatic carbocycles. The van der Waals surface area contributed by atoms with Gasteiger partial charge in [0.2, 0.25) is 0 Å². The maximum Gasteiger partial charge on any atom is 0.129 e. The SMILES string of the molecule is CN1CCC(CCNCc2ccc(Cl)cc2F)CC1. The molecule has 2 nitrogen and oxygen atoms in total. The first kappa shape index (κ1) is 14.8. The first-order valence-electron chi connectivity index (χ1n) is 6.98. The zero-order chi connectivity index (χ0) is 13.7. The highest BCUT2D eigenvalue weighted by molar-refractivity contribution is 6.30. The van der Waals surface area contributed by atoms with Gasteiger partial charge in [-0.05, 0) is 64.0 Å². The topological polar surface area (TPSA) is 15.3 Å². The standard InChI is InChI=1S/C15H22ClFN2/c1-19-8-5-12(6-9-19)4-7-18-11-13-2-3-14(16)10-15(13)17/h2-3,10,12,18H,4-9,11H2,1H3. The third-order valence-corrected chi connectivity index (χ3v) is 4.13. The van der Waals surface area contributed by atoms with Crippen LogP contribution in [0.1, 0.15) is 24.8 Å². The van der Waals surface area contributed by atoms with E-state index >= 15 is 0 Å². The Labute approximate surface area is 119 Å². The summed E-state index contributed by atoms with van der Waals surface area (Å²) in [5.74, 6) is 0.595. The minimum Gasteiger partial charge on any atom is -0.313 e. The van der Waals surface area contributed by atoms with E-state index in [1.165, 1.54) is 38.4 Å². The summed E-state index contributed by atoms with van der Waals surface area (Å²) in [5.41, 5.74) is 0.688. The molecular formula is C15H22ClFN2. The molecule has 0 amide bonds. The number of nitrogens with zero attached hydrogens (tertiary/aromatic N) is 1. The van der Waals surface area contributed by atoms with Gasteiger partial charge in [0.05, 0.1) is 0 Å². The molecule has 1 aromatic rings. The Balaban J connectivity index is 1.66. The van der Waals surface area contributed by atoms with Crippen molar-refractivity contribution >= 4 is 11.6 Å². The summed E-state index contributed by atoms with van der Waals surface area (Å²) in [6, 6.07) is 4.86. The van der Waals surface area contributed by atoms with Crippen LogP contribution in [0.25, 0.3) is 0 Å². The van der Waals surface area contributed by atoms with Crippen molar-refractivity contribution in [3.8, 4) is 0 Å². The Morgan fingerprint density at radius 1 is 1.37 bits per heavy atom. The zero-order valence-electron chi connectivity index (χ0n) is 11.5. The molecule has 2 rings (SSSR count). The Kier molecular flexibility index (Phi) is 5.61. The quantitative estimate of drug-likeness (QED) is 0.835. The average molecular weight is 285 g/mol. The number of hydrogen-bond donors (Lipinski definition) is 1. The number of rotatable bonds is 5. The van der Waals surface area contributed by atoms with Gasteiger partial charge in [-0.25, -0.2) is 4.39 Å². The highest BCUT2D eigenvalue weighted by atomic mass is 35.5. The van der Waals surface area contributed by atoms with Crippen LogP contribution in [0.5, 0.6) is 0 Å². The third-order valence-electron chi connectivity index (χ3n) is 3.90. The molecule has 0 unspecified atom stereocenters. The summed E-state index contributed by atoms with van der Waals surface area (Å²) in [6.07, 6.45) is 3.75. The maximum absolute atomic E-state index is 13.5. The van der Waals surface area contributed by atoms with Crippen LogP contribution in [-0.2, 0) is 6.54 Å². The van der Waals surface area contributed by atoms with Crippen molar-refractivity contribution in [1.29, 1.82) is 0 Å². The highest BCUT2D eigenvalue weighted by Crippen LogP contribution is 2.19. The molecule has 1 fully saturated rings. The summed E-state index contributed by atoms with van der Waals surface area (Å²) in [6.45, 7) is 3.94. The van der Waals surface area contributed by atoms with Crippen LogP contribution in [0.15, 0.2) is 18.2 Å². The van der Waals surface area contributed by atoms with Crippen molar-refractivity contribution in [3.63, 3.8) is 0 Å². The van der Waals surface area contributed by atoms with Crippen LogP contribution in [0.3, 0.4) is 0 Å². The van der Waals surface area contributed by atoms with Crippen LogP contribution in [0.2, 0.25) is 5.02 Å². The molecule has 1 aromatic carbocycles. The molecular weight excluding hydrogens is 263 g/mol. The third kappa shape index (κ3) is 4.75. The van der Waals surface area contributed by atoms with Crippen molar-refractivity contribution in [2.24, 2.45) is 5.92 Å². The first-order chi connectivity index (χ1) is 9.15. The molecule has 0 spiro atoms. The summed E-state index contributed by atoms with van der Waals surface area (Å²) >= 11 is 5.73. The maximum atomic E-state index is 13.5. The van der Waals surface area contributed by atoms with Crippen molar-refractivity contribution in [2.45, 2.75) is 25.8 Å². The fourth-order valence-corrected chi connectivity index (χ4v) is 2.70. The minimum atomic E-state index is -0.223. The highest BCUT2D eigenvalue weighted by Gasteiger charge is 2.15. The van der Waals surface area contributed by atoms with Crippen LogP contribution in [-0.4, -0.2) is 31.6 Å². The van der Waals surface area contributed by atoms with Gasteiger partial charge in [0.1, 0.15) is 5.82 Å². The molecule has 1 saturated heterocycles. The van der Waals surface area contributed by atoms with E-state index < -0.39 is 0 Å².